The Hall–Kier alpha value is -1.15. The minimum absolute atomic E-state index is 0.0632. The molecule has 0 heterocycles. The van der Waals surface area contributed by atoms with E-state index in [0.29, 0.717) is 0 Å². The Morgan fingerprint density at radius 3 is 2.40 bits per heavy atom. The molecule has 2 nitrogen and oxygen atoms in total. The summed E-state index contributed by atoms with van der Waals surface area (Å²) in [6.45, 7) is 3.57. The molecule has 2 heteroatoms. The van der Waals surface area contributed by atoms with Gasteiger partial charge in [0.05, 0.1) is 6.10 Å². The molecule has 0 fully saturated rings. The Bertz CT molecular complexity index is 306. The Morgan fingerprint density at radius 2 is 1.93 bits per heavy atom. The van der Waals surface area contributed by atoms with E-state index in [0.717, 1.165) is 18.4 Å². The molecule has 82 valence electrons. The minimum atomic E-state index is -0.663. The number of carbonyl (C=O) groups is 1. The lowest BCUT2D eigenvalue weighted by molar-refractivity contribution is -0.124. The first kappa shape index (κ1) is 11.9. The first-order valence-corrected chi connectivity index (χ1v) is 5.40. The number of Topliss-reactive ketones (excluding diaryl/α,β-unsaturated/α-hetero) is 1. The maximum atomic E-state index is 11.4. The van der Waals surface area contributed by atoms with Crippen molar-refractivity contribution in [1.29, 1.82) is 0 Å². The Morgan fingerprint density at radius 1 is 1.33 bits per heavy atom. The van der Waals surface area contributed by atoms with Crippen LogP contribution in [0.2, 0.25) is 0 Å². The highest BCUT2D eigenvalue weighted by atomic mass is 16.3. The van der Waals surface area contributed by atoms with Crippen LogP contribution >= 0.6 is 0 Å². The van der Waals surface area contributed by atoms with Crippen LogP contribution in [0.15, 0.2) is 30.3 Å². The average Bonchev–Trinajstić information content (AvgIpc) is 2.26. The molecular formula is C13H18O2. The molecule has 1 N–H and O–H groups in total. The maximum absolute atomic E-state index is 11.4. The molecule has 1 rings (SSSR count). The van der Waals surface area contributed by atoms with Gasteiger partial charge in [0.25, 0.3) is 0 Å². The summed E-state index contributed by atoms with van der Waals surface area (Å²) in [4.78, 5) is 11.4. The fraction of sp³-hybridized carbons (Fsp3) is 0.462. The third-order valence-electron chi connectivity index (χ3n) is 2.64. The highest BCUT2D eigenvalue weighted by molar-refractivity contribution is 5.79. The highest BCUT2D eigenvalue weighted by Gasteiger charge is 2.23. The Balaban J connectivity index is 2.81. The second-order valence-electron chi connectivity index (χ2n) is 3.86. The van der Waals surface area contributed by atoms with E-state index in [1.54, 1.807) is 6.92 Å². The summed E-state index contributed by atoms with van der Waals surface area (Å²) in [6, 6.07) is 9.37. The molecule has 0 aliphatic carbocycles. The molecule has 1 aromatic carbocycles. The van der Waals surface area contributed by atoms with Crippen LogP contribution in [0.4, 0.5) is 0 Å². The fourth-order valence-corrected chi connectivity index (χ4v) is 1.78. The van der Waals surface area contributed by atoms with Gasteiger partial charge in [-0.15, -0.1) is 0 Å². The molecule has 0 aliphatic heterocycles. The second kappa shape index (κ2) is 5.66. The number of carbonyl (C=O) groups excluding carboxylic acids is 1. The molecule has 0 saturated heterocycles. The van der Waals surface area contributed by atoms with Crippen LogP contribution in [0.1, 0.15) is 38.4 Å². The van der Waals surface area contributed by atoms with Crippen molar-refractivity contribution in [2.45, 2.75) is 32.8 Å². The molecule has 2 atom stereocenters. The lowest BCUT2D eigenvalue weighted by Gasteiger charge is -2.20. The van der Waals surface area contributed by atoms with Crippen molar-refractivity contribution in [3.8, 4) is 0 Å². The summed E-state index contributed by atoms with van der Waals surface area (Å²) in [5.74, 6) is -0.203. The largest absolute Gasteiger partial charge is 0.388 e. The molecule has 0 bridgehead atoms. The predicted octanol–water partition coefficient (Wildman–Crippen LogP) is 2.73. The van der Waals surface area contributed by atoms with Gasteiger partial charge in [0.2, 0.25) is 0 Å². The topological polar surface area (TPSA) is 37.3 Å². The van der Waals surface area contributed by atoms with Crippen LogP contribution in [0, 0.1) is 5.92 Å². The zero-order valence-corrected chi connectivity index (χ0v) is 9.31. The van der Waals surface area contributed by atoms with Gasteiger partial charge in [-0.05, 0) is 18.9 Å². The third kappa shape index (κ3) is 3.17. The summed E-state index contributed by atoms with van der Waals surface area (Å²) in [7, 11) is 0. The van der Waals surface area contributed by atoms with Gasteiger partial charge in [-0.1, -0.05) is 43.7 Å². The van der Waals surface area contributed by atoms with Gasteiger partial charge in [0.1, 0.15) is 5.78 Å². The molecule has 0 unspecified atom stereocenters. The summed E-state index contributed by atoms with van der Waals surface area (Å²) < 4.78 is 0. The summed E-state index contributed by atoms with van der Waals surface area (Å²) in [6.07, 6.45) is 0.989. The van der Waals surface area contributed by atoms with Crippen molar-refractivity contribution >= 4 is 5.78 Å². The first-order valence-electron chi connectivity index (χ1n) is 5.40. The van der Waals surface area contributed by atoms with Crippen molar-refractivity contribution < 1.29 is 9.90 Å². The van der Waals surface area contributed by atoms with Crippen molar-refractivity contribution in [2.75, 3.05) is 0 Å². The first-order chi connectivity index (χ1) is 7.16. The van der Waals surface area contributed by atoms with Crippen LogP contribution in [-0.4, -0.2) is 10.9 Å². The van der Waals surface area contributed by atoms with Gasteiger partial charge in [0, 0.05) is 5.92 Å². The van der Waals surface area contributed by atoms with E-state index >= 15 is 0 Å². The third-order valence-corrected chi connectivity index (χ3v) is 2.64. The maximum Gasteiger partial charge on any atom is 0.135 e. The molecule has 0 aromatic heterocycles. The van der Waals surface area contributed by atoms with Gasteiger partial charge in [0.15, 0.2) is 0 Å². The number of rotatable bonds is 5. The van der Waals surface area contributed by atoms with Gasteiger partial charge in [-0.25, -0.2) is 0 Å². The van der Waals surface area contributed by atoms with Crippen molar-refractivity contribution in [3.05, 3.63) is 35.9 Å². The van der Waals surface area contributed by atoms with Crippen LogP contribution < -0.4 is 0 Å². The van der Waals surface area contributed by atoms with Crippen LogP contribution in [-0.2, 0) is 4.79 Å². The fourth-order valence-electron chi connectivity index (χ4n) is 1.78. The molecule has 0 saturated carbocycles. The molecule has 15 heavy (non-hydrogen) atoms. The van der Waals surface area contributed by atoms with Gasteiger partial charge >= 0.3 is 0 Å². The molecular weight excluding hydrogens is 188 g/mol. The zero-order valence-electron chi connectivity index (χ0n) is 9.31. The van der Waals surface area contributed by atoms with E-state index in [9.17, 15) is 9.90 Å². The number of benzene rings is 1. The van der Waals surface area contributed by atoms with Crippen molar-refractivity contribution in [3.63, 3.8) is 0 Å². The lowest BCUT2D eigenvalue weighted by atomic mass is 9.89. The number of aliphatic hydroxyl groups is 1. The van der Waals surface area contributed by atoms with E-state index in [1.807, 2.05) is 37.3 Å². The summed E-state index contributed by atoms with van der Waals surface area (Å²) >= 11 is 0. The normalized spacial score (nSPS) is 14.6. The second-order valence-corrected chi connectivity index (χ2v) is 3.86. The van der Waals surface area contributed by atoms with E-state index in [-0.39, 0.29) is 11.7 Å². The monoisotopic (exact) mass is 206 g/mol. The van der Waals surface area contributed by atoms with Crippen molar-refractivity contribution in [2.24, 2.45) is 5.92 Å². The van der Waals surface area contributed by atoms with Gasteiger partial charge in [-0.3, -0.25) is 4.79 Å². The summed E-state index contributed by atoms with van der Waals surface area (Å²) in [5, 5.41) is 10.1. The molecule has 0 spiro atoms. The lowest BCUT2D eigenvalue weighted by Crippen LogP contribution is -2.19. The highest BCUT2D eigenvalue weighted by Crippen LogP contribution is 2.26. The quantitative estimate of drug-likeness (QED) is 0.804. The predicted molar refractivity (Wildman–Crippen MR) is 60.5 cm³/mol. The number of hydrogen-bond acceptors (Lipinski definition) is 2. The molecule has 0 aliphatic rings. The van der Waals surface area contributed by atoms with E-state index in [4.69, 9.17) is 0 Å². The van der Waals surface area contributed by atoms with Gasteiger partial charge < -0.3 is 5.11 Å². The number of ketones is 1. The van der Waals surface area contributed by atoms with Gasteiger partial charge in [-0.2, -0.15) is 0 Å². The number of hydrogen-bond donors (Lipinski definition) is 1. The Kier molecular flexibility index (Phi) is 4.50. The molecule has 1 aromatic rings. The van der Waals surface area contributed by atoms with E-state index < -0.39 is 6.10 Å². The molecule has 0 radical (unpaired) electrons. The van der Waals surface area contributed by atoms with Crippen molar-refractivity contribution in [1.82, 2.24) is 0 Å². The summed E-state index contributed by atoms with van der Waals surface area (Å²) in [5.41, 5.74) is 0.825. The number of aliphatic hydroxyl groups excluding tert-OH is 1. The average molecular weight is 206 g/mol. The SMILES string of the molecule is CCC[C@H](C(C)=O)[C@H](O)c1ccccc1. The van der Waals surface area contributed by atoms with Crippen LogP contribution in [0.25, 0.3) is 0 Å². The van der Waals surface area contributed by atoms with Crippen LogP contribution in [0.3, 0.4) is 0 Å². The zero-order chi connectivity index (χ0) is 11.3. The minimum Gasteiger partial charge on any atom is -0.388 e. The standard InChI is InChI=1S/C13H18O2/c1-3-7-12(10(2)14)13(15)11-8-5-4-6-9-11/h4-6,8-9,12-13,15H,3,7H2,1-2H3/t12-,13-/m1/s1. The Labute approximate surface area is 90.9 Å². The van der Waals surface area contributed by atoms with E-state index in [1.165, 1.54) is 0 Å². The smallest absolute Gasteiger partial charge is 0.135 e. The molecule has 0 amide bonds. The van der Waals surface area contributed by atoms with Crippen LogP contribution in [0.5, 0.6) is 0 Å². The van der Waals surface area contributed by atoms with E-state index in [2.05, 4.69) is 0 Å².